The molecule has 10 nitrogen and oxygen atoms in total. The zero-order valence-corrected chi connectivity index (χ0v) is 20.1. The maximum Gasteiger partial charge on any atom is 0.322 e. The molecule has 0 spiro atoms. The highest BCUT2D eigenvalue weighted by Gasteiger charge is 2.28. The molecule has 0 aliphatic carbocycles. The van der Waals surface area contributed by atoms with Crippen LogP contribution in [0.5, 0.6) is 11.5 Å². The van der Waals surface area contributed by atoms with Crippen LogP contribution in [0.1, 0.15) is 41.6 Å². The average Bonchev–Trinajstić information content (AvgIpc) is 3.30. The second-order valence-electron chi connectivity index (χ2n) is 8.72. The number of aromatic nitrogens is 2. The average molecular weight is 499 g/mol. The Morgan fingerprint density at radius 3 is 2.49 bits per heavy atom. The van der Waals surface area contributed by atoms with E-state index in [1.54, 1.807) is 0 Å². The van der Waals surface area contributed by atoms with Crippen LogP contribution in [-0.2, 0) is 16.4 Å². The summed E-state index contributed by atoms with van der Waals surface area (Å²) in [6.45, 7) is 4.17. The van der Waals surface area contributed by atoms with E-state index < -0.39 is 15.9 Å². The van der Waals surface area contributed by atoms with E-state index in [9.17, 15) is 13.2 Å². The van der Waals surface area contributed by atoms with Crippen molar-refractivity contribution in [1.82, 2.24) is 14.5 Å². The van der Waals surface area contributed by atoms with Crippen molar-refractivity contribution in [3.8, 4) is 11.5 Å². The summed E-state index contributed by atoms with van der Waals surface area (Å²) in [5.74, 6) is 1.74. The van der Waals surface area contributed by atoms with Gasteiger partial charge in [0.15, 0.2) is 11.5 Å². The molecule has 2 aliphatic rings. The Labute approximate surface area is 203 Å². The predicted molar refractivity (Wildman–Crippen MR) is 126 cm³/mol. The zero-order valence-electron chi connectivity index (χ0n) is 19.3. The largest absolute Gasteiger partial charge is 0.486 e. The van der Waals surface area contributed by atoms with Crippen LogP contribution < -0.4 is 14.8 Å². The lowest BCUT2D eigenvalue weighted by Crippen LogP contribution is -2.37. The Balaban J connectivity index is 1.21. The van der Waals surface area contributed by atoms with Gasteiger partial charge in [0.05, 0.1) is 11.3 Å². The van der Waals surface area contributed by atoms with Crippen molar-refractivity contribution in [2.24, 2.45) is 5.92 Å². The van der Waals surface area contributed by atoms with E-state index in [2.05, 4.69) is 22.4 Å². The quantitative estimate of drug-likeness (QED) is 0.550. The van der Waals surface area contributed by atoms with E-state index in [1.165, 1.54) is 28.6 Å². The number of carbonyl (C=O) groups is 1. The van der Waals surface area contributed by atoms with Crippen molar-refractivity contribution in [1.29, 1.82) is 0 Å². The first-order valence-corrected chi connectivity index (χ1v) is 12.9. The van der Waals surface area contributed by atoms with Crippen molar-refractivity contribution >= 4 is 21.9 Å². The van der Waals surface area contributed by atoms with Gasteiger partial charge in [0.25, 0.3) is 5.91 Å². The van der Waals surface area contributed by atoms with Crippen LogP contribution in [-0.4, -0.2) is 55.1 Å². The first-order valence-electron chi connectivity index (χ1n) is 11.5. The number of rotatable bonds is 6. The molecular weight excluding hydrogens is 472 g/mol. The van der Waals surface area contributed by atoms with Crippen LogP contribution in [0.15, 0.2) is 51.8 Å². The second-order valence-corrected chi connectivity index (χ2v) is 10.7. The third kappa shape index (κ3) is 5.15. The number of nitrogens with zero attached hydrogens (tertiary/aromatic N) is 3. The fourth-order valence-electron chi connectivity index (χ4n) is 4.07. The molecule has 3 aromatic rings. The van der Waals surface area contributed by atoms with Crippen LogP contribution in [0.3, 0.4) is 0 Å². The minimum absolute atomic E-state index is 0.0401. The lowest BCUT2D eigenvalue weighted by molar-refractivity contribution is 0.102. The standard InChI is InChI=1S/C24H26N4O6S/c1-16-8-10-28(11-9-16)35(30,31)19-5-3-18(4-6-19)23(29)25-24-27-26-22(34-24)15-17-2-7-20-21(14-17)33-13-12-32-20/h2-7,14,16H,8-13,15H2,1H3,(H,25,27,29). The van der Waals surface area contributed by atoms with E-state index in [0.29, 0.717) is 56.0 Å². The molecule has 0 unspecified atom stereocenters. The molecule has 1 amide bonds. The van der Waals surface area contributed by atoms with E-state index in [4.69, 9.17) is 13.9 Å². The predicted octanol–water partition coefficient (Wildman–Crippen LogP) is 3.10. The molecule has 11 heteroatoms. The van der Waals surface area contributed by atoms with Gasteiger partial charge in [0.2, 0.25) is 15.9 Å². The van der Waals surface area contributed by atoms with Gasteiger partial charge in [-0.2, -0.15) is 4.31 Å². The van der Waals surface area contributed by atoms with Gasteiger partial charge in [0, 0.05) is 18.7 Å². The molecule has 1 N–H and O–H groups in total. The fourth-order valence-corrected chi connectivity index (χ4v) is 5.54. The topological polar surface area (TPSA) is 124 Å². The molecule has 0 saturated carbocycles. The molecule has 0 atom stereocenters. The normalized spacial score (nSPS) is 16.7. The van der Waals surface area contributed by atoms with Gasteiger partial charge < -0.3 is 13.9 Å². The number of piperidine rings is 1. The molecule has 35 heavy (non-hydrogen) atoms. The molecular formula is C24H26N4O6S. The zero-order chi connectivity index (χ0) is 24.4. The Bertz CT molecular complexity index is 1310. The maximum absolute atomic E-state index is 12.9. The molecule has 2 aromatic carbocycles. The number of amides is 1. The first-order chi connectivity index (χ1) is 16.9. The summed E-state index contributed by atoms with van der Waals surface area (Å²) in [6, 6.07) is 11.4. The molecule has 3 heterocycles. The highest BCUT2D eigenvalue weighted by molar-refractivity contribution is 7.89. The third-order valence-corrected chi connectivity index (χ3v) is 8.06. The minimum atomic E-state index is -3.58. The van der Waals surface area contributed by atoms with Gasteiger partial charge >= 0.3 is 6.01 Å². The van der Waals surface area contributed by atoms with E-state index in [1.807, 2.05) is 18.2 Å². The van der Waals surface area contributed by atoms with Gasteiger partial charge in [0.1, 0.15) is 13.2 Å². The molecule has 1 aromatic heterocycles. The van der Waals surface area contributed by atoms with E-state index >= 15 is 0 Å². The van der Waals surface area contributed by atoms with Gasteiger partial charge in [-0.3, -0.25) is 10.1 Å². The molecule has 184 valence electrons. The molecule has 1 saturated heterocycles. The molecule has 2 aliphatic heterocycles. The number of hydrogen-bond acceptors (Lipinski definition) is 8. The Morgan fingerprint density at radius 2 is 1.74 bits per heavy atom. The molecule has 0 bridgehead atoms. The summed E-state index contributed by atoms with van der Waals surface area (Å²) >= 11 is 0. The van der Waals surface area contributed by atoms with Crippen LogP contribution in [0.4, 0.5) is 6.01 Å². The Hall–Kier alpha value is -3.44. The van der Waals surface area contributed by atoms with Crippen molar-refractivity contribution in [2.45, 2.75) is 31.1 Å². The summed E-state index contributed by atoms with van der Waals surface area (Å²) in [5.41, 5.74) is 1.18. The van der Waals surface area contributed by atoms with Crippen LogP contribution >= 0.6 is 0 Å². The highest BCUT2D eigenvalue weighted by Crippen LogP contribution is 2.31. The van der Waals surface area contributed by atoms with Crippen molar-refractivity contribution in [2.75, 3.05) is 31.6 Å². The van der Waals surface area contributed by atoms with Crippen molar-refractivity contribution in [3.05, 3.63) is 59.5 Å². The minimum Gasteiger partial charge on any atom is -0.486 e. The summed E-state index contributed by atoms with van der Waals surface area (Å²) in [4.78, 5) is 12.8. The van der Waals surface area contributed by atoms with Crippen LogP contribution in [0, 0.1) is 5.92 Å². The van der Waals surface area contributed by atoms with Crippen LogP contribution in [0.25, 0.3) is 0 Å². The van der Waals surface area contributed by atoms with Crippen molar-refractivity contribution in [3.63, 3.8) is 0 Å². The number of nitrogens with one attached hydrogen (secondary N) is 1. The number of fused-ring (bicyclic) bond motifs is 1. The number of ether oxygens (including phenoxy) is 2. The lowest BCUT2D eigenvalue weighted by Gasteiger charge is -2.29. The Morgan fingerprint density at radius 1 is 1.03 bits per heavy atom. The molecule has 5 rings (SSSR count). The monoisotopic (exact) mass is 498 g/mol. The number of benzene rings is 2. The van der Waals surface area contributed by atoms with Gasteiger partial charge in [-0.05, 0) is 60.7 Å². The molecule has 0 radical (unpaired) electrons. The number of anilines is 1. The first kappa shape index (κ1) is 23.3. The fraction of sp³-hybridized carbons (Fsp3) is 0.375. The van der Waals surface area contributed by atoms with E-state index in [-0.39, 0.29) is 16.5 Å². The van der Waals surface area contributed by atoms with Gasteiger partial charge in [-0.25, -0.2) is 8.42 Å². The highest BCUT2D eigenvalue weighted by atomic mass is 32.2. The van der Waals surface area contributed by atoms with Gasteiger partial charge in [-0.15, -0.1) is 5.10 Å². The maximum atomic E-state index is 12.9. The van der Waals surface area contributed by atoms with Crippen molar-refractivity contribution < 1.29 is 27.1 Å². The number of carbonyl (C=O) groups excluding carboxylic acids is 1. The molecule has 1 fully saturated rings. The smallest absolute Gasteiger partial charge is 0.322 e. The van der Waals surface area contributed by atoms with E-state index in [0.717, 1.165) is 18.4 Å². The summed E-state index contributed by atoms with van der Waals surface area (Å²) < 4.78 is 43.9. The summed E-state index contributed by atoms with van der Waals surface area (Å²) in [5, 5.41) is 10.4. The Kier molecular flexibility index (Phi) is 6.44. The number of sulfonamides is 1. The van der Waals surface area contributed by atoms with Crippen LogP contribution in [0.2, 0.25) is 0 Å². The third-order valence-electron chi connectivity index (χ3n) is 6.15. The summed E-state index contributed by atoms with van der Waals surface area (Å²) in [7, 11) is -3.58. The summed E-state index contributed by atoms with van der Waals surface area (Å²) in [6.07, 6.45) is 2.06. The van der Waals surface area contributed by atoms with Gasteiger partial charge in [-0.1, -0.05) is 18.1 Å². The lowest BCUT2D eigenvalue weighted by atomic mass is 10.0. The second kappa shape index (κ2) is 9.67. The number of hydrogen-bond donors (Lipinski definition) is 1. The SMILES string of the molecule is CC1CCN(S(=O)(=O)c2ccc(C(=O)Nc3nnc(Cc4ccc5c(c4)OCCO5)o3)cc2)CC1.